The van der Waals surface area contributed by atoms with E-state index in [9.17, 15) is 4.79 Å². The van der Waals surface area contributed by atoms with Gasteiger partial charge in [0, 0.05) is 25.7 Å². The summed E-state index contributed by atoms with van der Waals surface area (Å²) >= 11 is 0. The highest BCUT2D eigenvalue weighted by atomic mass is 16.6. The van der Waals surface area contributed by atoms with E-state index in [1.54, 1.807) is 7.05 Å². The molecule has 1 heterocycles. The third kappa shape index (κ3) is 9.86. The Kier molecular flexibility index (Phi) is 9.67. The molecule has 1 amide bonds. The van der Waals surface area contributed by atoms with Gasteiger partial charge in [-0.2, -0.15) is 0 Å². The molecule has 1 aromatic heterocycles. The summed E-state index contributed by atoms with van der Waals surface area (Å²) in [5.74, 6) is 1.41. The fourth-order valence-electron chi connectivity index (χ4n) is 2.36. The molecule has 8 nitrogen and oxygen atoms in total. The Morgan fingerprint density at radius 3 is 2.63 bits per heavy atom. The predicted octanol–water partition coefficient (Wildman–Crippen LogP) is 2.99. The molecule has 27 heavy (non-hydrogen) atoms. The van der Waals surface area contributed by atoms with Crippen molar-refractivity contribution in [3.05, 3.63) is 17.5 Å². The lowest BCUT2D eigenvalue weighted by Gasteiger charge is -2.24. The van der Waals surface area contributed by atoms with Crippen LogP contribution in [0.1, 0.15) is 65.3 Å². The summed E-state index contributed by atoms with van der Waals surface area (Å²) in [5.41, 5.74) is 0.416. The molecule has 1 atom stereocenters. The summed E-state index contributed by atoms with van der Waals surface area (Å²) in [5, 5.41) is 13.4. The van der Waals surface area contributed by atoms with E-state index in [-0.39, 0.29) is 6.04 Å². The summed E-state index contributed by atoms with van der Waals surface area (Å²) in [6, 6.07) is 1.98. The van der Waals surface area contributed by atoms with E-state index in [2.05, 4.69) is 33.0 Å². The molecule has 154 valence electrons. The van der Waals surface area contributed by atoms with Crippen LogP contribution in [-0.4, -0.2) is 42.4 Å². The number of carbonyl (C=O) groups is 1. The lowest BCUT2D eigenvalue weighted by molar-refractivity contribution is 0.0523. The van der Waals surface area contributed by atoms with Gasteiger partial charge in [0.1, 0.15) is 5.60 Å². The van der Waals surface area contributed by atoms with E-state index < -0.39 is 11.7 Å². The summed E-state index contributed by atoms with van der Waals surface area (Å²) < 4.78 is 10.6. The number of hydrogen-bond acceptors (Lipinski definition) is 5. The van der Waals surface area contributed by atoms with Crippen LogP contribution in [0.15, 0.2) is 15.6 Å². The number of hydrogen-bond donors (Lipinski definition) is 3. The molecule has 0 aliphatic rings. The minimum Gasteiger partial charge on any atom is -0.444 e. The Bertz CT molecular complexity index is 592. The number of guanidine groups is 1. The Hall–Kier alpha value is -2.25. The van der Waals surface area contributed by atoms with E-state index in [0.717, 1.165) is 37.1 Å². The van der Waals surface area contributed by atoms with Crippen LogP contribution in [0.4, 0.5) is 4.79 Å². The first kappa shape index (κ1) is 22.8. The standard InChI is InChI=1S/C19H35N5O3/c1-7-9-10-15(12-22-18(25)26-19(3,4)5)23-17(20-6)21-13-16-11-14(8-2)24-27-16/h11,15H,7-10,12-13H2,1-6H3,(H,22,25)(H2,20,21,23). The second-order valence-corrected chi connectivity index (χ2v) is 7.43. The smallest absolute Gasteiger partial charge is 0.407 e. The van der Waals surface area contributed by atoms with Gasteiger partial charge in [0.15, 0.2) is 11.7 Å². The summed E-state index contributed by atoms with van der Waals surface area (Å²) in [4.78, 5) is 16.2. The maximum atomic E-state index is 11.9. The van der Waals surface area contributed by atoms with Gasteiger partial charge in [0.05, 0.1) is 12.2 Å². The van der Waals surface area contributed by atoms with Crippen LogP contribution in [0.25, 0.3) is 0 Å². The number of aryl methyl sites for hydroxylation is 1. The summed E-state index contributed by atoms with van der Waals surface area (Å²) in [6.45, 7) is 10.7. The number of nitrogens with zero attached hydrogens (tertiary/aromatic N) is 2. The third-order valence-electron chi connectivity index (χ3n) is 3.76. The SMILES string of the molecule is CCCCC(CNC(=O)OC(C)(C)C)NC(=NC)NCc1cc(CC)no1. The highest BCUT2D eigenvalue weighted by Crippen LogP contribution is 2.07. The number of carbonyl (C=O) groups excluding carboxylic acids is 1. The first-order chi connectivity index (χ1) is 12.8. The van der Waals surface area contributed by atoms with Crippen molar-refractivity contribution in [3.8, 4) is 0 Å². The quantitative estimate of drug-likeness (QED) is 0.449. The van der Waals surface area contributed by atoms with Crippen molar-refractivity contribution >= 4 is 12.1 Å². The van der Waals surface area contributed by atoms with E-state index in [4.69, 9.17) is 9.26 Å². The van der Waals surface area contributed by atoms with Crippen molar-refractivity contribution in [1.29, 1.82) is 0 Å². The average molecular weight is 382 g/mol. The molecule has 0 aromatic carbocycles. The molecule has 0 aliphatic heterocycles. The second kappa shape index (κ2) is 11.5. The van der Waals surface area contributed by atoms with E-state index >= 15 is 0 Å². The molecule has 0 saturated carbocycles. The fraction of sp³-hybridized carbons (Fsp3) is 0.737. The van der Waals surface area contributed by atoms with Crippen molar-refractivity contribution in [2.24, 2.45) is 4.99 Å². The lowest BCUT2D eigenvalue weighted by atomic mass is 10.1. The molecule has 1 rings (SSSR count). The van der Waals surface area contributed by atoms with Gasteiger partial charge in [-0.1, -0.05) is 31.8 Å². The Balaban J connectivity index is 2.54. The number of aliphatic imine (C=N–C) groups is 1. The zero-order valence-corrected chi connectivity index (χ0v) is 17.5. The molecule has 0 aliphatic carbocycles. The fourth-order valence-corrected chi connectivity index (χ4v) is 2.36. The minimum atomic E-state index is -0.511. The molecule has 8 heteroatoms. The Morgan fingerprint density at radius 1 is 1.33 bits per heavy atom. The number of aromatic nitrogens is 1. The van der Waals surface area contributed by atoms with Gasteiger partial charge in [-0.25, -0.2) is 4.79 Å². The maximum absolute atomic E-state index is 11.9. The first-order valence-corrected chi connectivity index (χ1v) is 9.65. The number of alkyl carbamates (subject to hydrolysis) is 1. The van der Waals surface area contributed by atoms with Crippen LogP contribution in [0.5, 0.6) is 0 Å². The normalized spacial score (nSPS) is 13.2. The highest BCUT2D eigenvalue weighted by molar-refractivity contribution is 5.80. The predicted molar refractivity (Wildman–Crippen MR) is 107 cm³/mol. The van der Waals surface area contributed by atoms with Crippen molar-refractivity contribution in [3.63, 3.8) is 0 Å². The van der Waals surface area contributed by atoms with Crippen molar-refractivity contribution in [1.82, 2.24) is 21.1 Å². The summed E-state index contributed by atoms with van der Waals surface area (Å²) in [6.07, 6.45) is 3.46. The van der Waals surface area contributed by atoms with Crippen molar-refractivity contribution in [2.75, 3.05) is 13.6 Å². The number of amides is 1. The number of ether oxygens (including phenoxy) is 1. The Morgan fingerprint density at radius 2 is 2.07 bits per heavy atom. The van der Waals surface area contributed by atoms with E-state index in [1.165, 1.54) is 0 Å². The zero-order valence-electron chi connectivity index (χ0n) is 17.5. The van der Waals surface area contributed by atoms with E-state index in [0.29, 0.717) is 19.0 Å². The molecular formula is C19H35N5O3. The average Bonchev–Trinajstić information content (AvgIpc) is 3.07. The summed E-state index contributed by atoms with van der Waals surface area (Å²) in [7, 11) is 1.71. The van der Waals surface area contributed by atoms with Crippen LogP contribution in [0.3, 0.4) is 0 Å². The molecule has 3 N–H and O–H groups in total. The first-order valence-electron chi connectivity index (χ1n) is 9.65. The van der Waals surface area contributed by atoms with Gasteiger partial charge in [-0.15, -0.1) is 0 Å². The maximum Gasteiger partial charge on any atom is 0.407 e. The monoisotopic (exact) mass is 381 g/mol. The van der Waals surface area contributed by atoms with Crippen LogP contribution in [0.2, 0.25) is 0 Å². The molecule has 0 bridgehead atoms. The number of rotatable bonds is 9. The van der Waals surface area contributed by atoms with Gasteiger partial charge in [0.25, 0.3) is 0 Å². The second-order valence-electron chi connectivity index (χ2n) is 7.43. The molecule has 1 unspecified atom stereocenters. The van der Waals surface area contributed by atoms with Crippen LogP contribution >= 0.6 is 0 Å². The van der Waals surface area contributed by atoms with E-state index in [1.807, 2.05) is 33.8 Å². The molecule has 1 aromatic rings. The molecule has 0 fully saturated rings. The van der Waals surface area contributed by atoms with Crippen molar-refractivity contribution in [2.45, 2.75) is 78.5 Å². The topological polar surface area (TPSA) is 101 Å². The molecule has 0 saturated heterocycles. The van der Waals surface area contributed by atoms with Gasteiger partial charge >= 0.3 is 6.09 Å². The molecule has 0 radical (unpaired) electrons. The number of nitrogens with one attached hydrogen (secondary N) is 3. The zero-order chi connectivity index (χ0) is 20.3. The van der Waals surface area contributed by atoms with Gasteiger partial charge in [-0.3, -0.25) is 4.99 Å². The van der Waals surface area contributed by atoms with Crippen LogP contribution in [0, 0.1) is 0 Å². The highest BCUT2D eigenvalue weighted by Gasteiger charge is 2.18. The molecule has 0 spiro atoms. The van der Waals surface area contributed by atoms with Crippen molar-refractivity contribution < 1.29 is 14.1 Å². The third-order valence-corrected chi connectivity index (χ3v) is 3.76. The minimum absolute atomic E-state index is 0.0459. The molecular weight excluding hydrogens is 346 g/mol. The largest absolute Gasteiger partial charge is 0.444 e. The van der Waals surface area contributed by atoms with Gasteiger partial charge < -0.3 is 25.2 Å². The van der Waals surface area contributed by atoms with Crippen LogP contribution < -0.4 is 16.0 Å². The van der Waals surface area contributed by atoms with Gasteiger partial charge in [0.2, 0.25) is 0 Å². The number of unbranched alkanes of at least 4 members (excludes halogenated alkanes) is 1. The lowest BCUT2D eigenvalue weighted by Crippen LogP contribution is -2.48. The van der Waals surface area contributed by atoms with Crippen LogP contribution in [-0.2, 0) is 17.7 Å². The van der Waals surface area contributed by atoms with Gasteiger partial charge in [-0.05, 0) is 33.6 Å². The Labute approximate surface area is 162 Å².